The van der Waals surface area contributed by atoms with E-state index in [1.54, 1.807) is 37.4 Å². The first-order valence-corrected chi connectivity index (χ1v) is 8.55. The third-order valence-corrected chi connectivity index (χ3v) is 4.26. The van der Waals surface area contributed by atoms with E-state index in [2.05, 4.69) is 5.32 Å². The van der Waals surface area contributed by atoms with Gasteiger partial charge in [0.2, 0.25) is 0 Å². The molecule has 26 heavy (non-hydrogen) atoms. The van der Waals surface area contributed by atoms with Gasteiger partial charge in [0.05, 0.1) is 7.11 Å². The molecule has 0 heterocycles. The lowest BCUT2D eigenvalue weighted by molar-refractivity contribution is -0.137. The first-order valence-electron chi connectivity index (χ1n) is 8.55. The summed E-state index contributed by atoms with van der Waals surface area (Å²) >= 11 is 0. The third kappa shape index (κ3) is 4.85. The summed E-state index contributed by atoms with van der Waals surface area (Å²) in [6.07, 6.45) is 0. The quantitative estimate of drug-likeness (QED) is 0.634. The van der Waals surface area contributed by atoms with Gasteiger partial charge < -0.3 is 14.8 Å². The largest absolute Gasteiger partial charge is 0.497 e. The predicted octanol–water partition coefficient (Wildman–Crippen LogP) is 3.67. The average molecular weight is 355 g/mol. The van der Waals surface area contributed by atoms with Crippen LogP contribution < -0.4 is 14.8 Å². The van der Waals surface area contributed by atoms with Gasteiger partial charge in [0.15, 0.2) is 0 Å². The van der Waals surface area contributed by atoms with Crippen LogP contribution in [0.15, 0.2) is 42.5 Å². The molecule has 2 aromatic rings. The molecule has 0 saturated heterocycles. The molecular formula is C21H25NO4. The molecule has 2 rings (SSSR count). The van der Waals surface area contributed by atoms with Crippen molar-refractivity contribution in [2.45, 2.75) is 33.7 Å². The number of methoxy groups -OCH3 is 1. The molecule has 0 radical (unpaired) electrons. The molecule has 1 N–H and O–H groups in total. The second kappa shape index (κ2) is 8.52. The van der Waals surface area contributed by atoms with Crippen molar-refractivity contribution in [2.24, 2.45) is 5.92 Å². The maximum absolute atomic E-state index is 12.6. The number of aryl methyl sites for hydroxylation is 2. The third-order valence-electron chi connectivity index (χ3n) is 4.26. The molecule has 0 saturated carbocycles. The van der Waals surface area contributed by atoms with Crippen LogP contribution in [0.2, 0.25) is 0 Å². The maximum Gasteiger partial charge on any atom is 0.334 e. The molecule has 1 atom stereocenters. The zero-order valence-electron chi connectivity index (χ0n) is 15.8. The zero-order chi connectivity index (χ0) is 19.3. The Labute approximate surface area is 154 Å². The topological polar surface area (TPSA) is 64.6 Å². The second-order valence-corrected chi connectivity index (χ2v) is 6.59. The Morgan fingerprint density at radius 3 is 2.08 bits per heavy atom. The number of carbonyl (C=O) groups excluding carboxylic acids is 2. The van der Waals surface area contributed by atoms with Gasteiger partial charge in [-0.1, -0.05) is 19.9 Å². The zero-order valence-corrected chi connectivity index (χ0v) is 15.8. The van der Waals surface area contributed by atoms with Crippen molar-refractivity contribution in [3.63, 3.8) is 0 Å². The fourth-order valence-electron chi connectivity index (χ4n) is 2.42. The van der Waals surface area contributed by atoms with E-state index in [1.807, 2.05) is 39.8 Å². The molecule has 0 aliphatic carbocycles. The Morgan fingerprint density at radius 1 is 0.923 bits per heavy atom. The fourth-order valence-corrected chi connectivity index (χ4v) is 2.42. The number of benzene rings is 2. The number of rotatable bonds is 6. The average Bonchev–Trinajstić information content (AvgIpc) is 2.62. The fraction of sp³-hybridized carbons (Fsp3) is 0.333. The van der Waals surface area contributed by atoms with Gasteiger partial charge in [-0.25, -0.2) is 4.79 Å². The summed E-state index contributed by atoms with van der Waals surface area (Å²) in [5.41, 5.74) is 2.62. The van der Waals surface area contributed by atoms with Gasteiger partial charge in [-0.05, 0) is 67.3 Å². The van der Waals surface area contributed by atoms with Gasteiger partial charge in [-0.15, -0.1) is 0 Å². The number of amides is 1. The molecule has 5 heteroatoms. The van der Waals surface area contributed by atoms with Crippen LogP contribution in [-0.2, 0) is 4.79 Å². The van der Waals surface area contributed by atoms with Crippen LogP contribution >= 0.6 is 0 Å². The van der Waals surface area contributed by atoms with Crippen molar-refractivity contribution in [2.75, 3.05) is 7.11 Å². The summed E-state index contributed by atoms with van der Waals surface area (Å²) in [5.74, 6) is 0.211. The maximum atomic E-state index is 12.6. The lowest BCUT2D eigenvalue weighted by Gasteiger charge is -2.21. The highest BCUT2D eigenvalue weighted by atomic mass is 16.5. The Bertz CT molecular complexity index is 781. The highest BCUT2D eigenvalue weighted by Gasteiger charge is 2.26. The molecule has 0 aliphatic heterocycles. The van der Waals surface area contributed by atoms with Crippen molar-refractivity contribution in [1.82, 2.24) is 5.32 Å². The summed E-state index contributed by atoms with van der Waals surface area (Å²) in [7, 11) is 1.56. The van der Waals surface area contributed by atoms with Crippen LogP contribution in [0.3, 0.4) is 0 Å². The van der Waals surface area contributed by atoms with Gasteiger partial charge in [0, 0.05) is 5.56 Å². The van der Waals surface area contributed by atoms with Crippen molar-refractivity contribution in [1.29, 1.82) is 0 Å². The molecule has 138 valence electrons. The number of carbonyl (C=O) groups is 2. The number of esters is 1. The molecule has 1 amide bonds. The van der Waals surface area contributed by atoms with Crippen LogP contribution in [0.4, 0.5) is 0 Å². The van der Waals surface area contributed by atoms with E-state index in [1.165, 1.54) is 0 Å². The van der Waals surface area contributed by atoms with E-state index in [0.717, 1.165) is 11.1 Å². The normalized spacial score (nSPS) is 11.8. The SMILES string of the molecule is COc1ccc(C(=O)N[C@H](C(=O)Oc2ccc(C)c(C)c2)C(C)C)cc1. The van der Waals surface area contributed by atoms with Gasteiger partial charge in [-0.3, -0.25) is 4.79 Å². The molecule has 0 unspecified atom stereocenters. The number of ether oxygens (including phenoxy) is 2. The van der Waals surface area contributed by atoms with Crippen LogP contribution in [0.5, 0.6) is 11.5 Å². The number of hydrogen-bond acceptors (Lipinski definition) is 4. The van der Waals surface area contributed by atoms with Crippen molar-refractivity contribution >= 4 is 11.9 Å². The van der Waals surface area contributed by atoms with Gasteiger partial charge in [0.1, 0.15) is 17.5 Å². The van der Waals surface area contributed by atoms with Crippen LogP contribution in [0.25, 0.3) is 0 Å². The monoisotopic (exact) mass is 355 g/mol. The number of hydrogen-bond donors (Lipinski definition) is 1. The van der Waals surface area contributed by atoms with Crippen LogP contribution in [0.1, 0.15) is 35.3 Å². The highest BCUT2D eigenvalue weighted by molar-refractivity contribution is 5.97. The van der Waals surface area contributed by atoms with E-state index in [-0.39, 0.29) is 11.8 Å². The van der Waals surface area contributed by atoms with Crippen molar-refractivity contribution in [3.8, 4) is 11.5 Å². The minimum absolute atomic E-state index is 0.115. The summed E-state index contributed by atoms with van der Waals surface area (Å²) in [6.45, 7) is 7.67. The minimum atomic E-state index is -0.744. The summed E-state index contributed by atoms with van der Waals surface area (Å²) < 4.78 is 10.6. The van der Waals surface area contributed by atoms with E-state index >= 15 is 0 Å². The smallest absolute Gasteiger partial charge is 0.334 e. The van der Waals surface area contributed by atoms with Crippen molar-refractivity contribution in [3.05, 3.63) is 59.2 Å². The molecule has 5 nitrogen and oxygen atoms in total. The van der Waals surface area contributed by atoms with Crippen molar-refractivity contribution < 1.29 is 19.1 Å². The Morgan fingerprint density at radius 2 is 1.54 bits per heavy atom. The van der Waals surface area contributed by atoms with Crippen LogP contribution in [0, 0.1) is 19.8 Å². The lowest BCUT2D eigenvalue weighted by atomic mass is 10.0. The van der Waals surface area contributed by atoms with E-state index in [0.29, 0.717) is 17.1 Å². The van der Waals surface area contributed by atoms with E-state index < -0.39 is 12.0 Å². The summed E-state index contributed by atoms with van der Waals surface area (Å²) in [6, 6.07) is 11.4. The number of nitrogens with one attached hydrogen (secondary N) is 1. The first kappa shape index (κ1) is 19.5. The molecule has 0 fully saturated rings. The molecule has 0 spiro atoms. The van der Waals surface area contributed by atoms with Gasteiger partial charge in [0.25, 0.3) is 5.91 Å². The van der Waals surface area contributed by atoms with Gasteiger partial charge in [-0.2, -0.15) is 0 Å². The predicted molar refractivity (Wildman–Crippen MR) is 101 cm³/mol. The Kier molecular flexibility index (Phi) is 6.39. The first-order chi connectivity index (χ1) is 12.3. The second-order valence-electron chi connectivity index (χ2n) is 6.59. The molecule has 0 aromatic heterocycles. The standard InChI is InChI=1S/C21H25NO4/c1-13(2)19(21(24)26-18-9-6-14(3)15(4)12-18)22-20(23)16-7-10-17(25-5)11-8-16/h6-13,19H,1-5H3,(H,22,23)/t19-/m0/s1. The Hall–Kier alpha value is -2.82. The molecule has 0 bridgehead atoms. The Balaban J connectivity index is 2.10. The lowest BCUT2D eigenvalue weighted by Crippen LogP contribution is -2.46. The molecular weight excluding hydrogens is 330 g/mol. The minimum Gasteiger partial charge on any atom is -0.497 e. The summed E-state index contributed by atoms with van der Waals surface area (Å²) in [4.78, 5) is 25.0. The highest BCUT2D eigenvalue weighted by Crippen LogP contribution is 2.18. The van der Waals surface area contributed by atoms with E-state index in [4.69, 9.17) is 9.47 Å². The van der Waals surface area contributed by atoms with E-state index in [9.17, 15) is 9.59 Å². The van der Waals surface area contributed by atoms with Crippen LogP contribution in [-0.4, -0.2) is 25.0 Å². The van der Waals surface area contributed by atoms with Gasteiger partial charge >= 0.3 is 5.97 Å². The summed E-state index contributed by atoms with van der Waals surface area (Å²) in [5, 5.41) is 2.76. The molecule has 0 aliphatic rings. The molecule has 2 aromatic carbocycles.